The van der Waals surface area contributed by atoms with Gasteiger partial charge < -0.3 is 0 Å². The van der Waals surface area contributed by atoms with Crippen molar-refractivity contribution in [2.75, 3.05) is 0 Å². The minimum Gasteiger partial charge on any atom is -0.281 e. The first-order valence-corrected chi connectivity index (χ1v) is 3.61. The highest BCUT2D eigenvalue weighted by atomic mass is 16.2. The van der Waals surface area contributed by atoms with Crippen molar-refractivity contribution in [1.29, 1.82) is 0 Å². The van der Waals surface area contributed by atoms with Crippen LogP contribution in [-0.4, -0.2) is 11.8 Å². The number of amides is 2. The Morgan fingerprint density at radius 1 is 1.23 bits per heavy atom. The van der Waals surface area contributed by atoms with Gasteiger partial charge in [0.25, 0.3) is 5.91 Å². The highest BCUT2D eigenvalue weighted by Crippen LogP contribution is 1.96. The van der Waals surface area contributed by atoms with Crippen LogP contribution in [0.2, 0.25) is 0 Å². The quantitative estimate of drug-likeness (QED) is 0.631. The summed E-state index contributed by atoms with van der Waals surface area (Å²) in [6.45, 7) is 0. The van der Waals surface area contributed by atoms with Gasteiger partial charge in [0.1, 0.15) is 0 Å². The van der Waals surface area contributed by atoms with E-state index in [1.54, 1.807) is 36.3 Å². The van der Waals surface area contributed by atoms with Crippen LogP contribution in [0.25, 0.3) is 0 Å². The zero-order valence-corrected chi connectivity index (χ0v) is 6.78. The van der Waals surface area contributed by atoms with Gasteiger partial charge in [-0.1, -0.05) is 18.2 Å². The molecule has 0 saturated carbocycles. The molecule has 3 nitrogen and oxygen atoms in total. The number of benzene rings is 1. The molecule has 0 saturated heterocycles. The van der Waals surface area contributed by atoms with Crippen LogP contribution in [0, 0.1) is 12.3 Å². The average molecular weight is 173 g/mol. The molecule has 0 fully saturated rings. The Labute approximate surface area is 75.8 Å². The molecular formula is C10H7NO2. The van der Waals surface area contributed by atoms with Gasteiger partial charge in [0.05, 0.1) is 0 Å². The van der Waals surface area contributed by atoms with Gasteiger partial charge in [-0.15, -0.1) is 6.42 Å². The Kier molecular flexibility index (Phi) is 2.82. The highest BCUT2D eigenvalue weighted by molar-refractivity contribution is 6.09. The van der Waals surface area contributed by atoms with E-state index in [0.29, 0.717) is 5.56 Å². The van der Waals surface area contributed by atoms with Crippen molar-refractivity contribution in [3.8, 4) is 12.3 Å². The lowest BCUT2D eigenvalue weighted by atomic mass is 10.2. The van der Waals surface area contributed by atoms with Crippen molar-refractivity contribution >= 4 is 11.8 Å². The second kappa shape index (κ2) is 4.07. The van der Waals surface area contributed by atoms with Crippen LogP contribution in [0.1, 0.15) is 10.4 Å². The largest absolute Gasteiger partial charge is 0.302 e. The summed E-state index contributed by atoms with van der Waals surface area (Å²) >= 11 is 0. The summed E-state index contributed by atoms with van der Waals surface area (Å²) in [5.41, 5.74) is 0.408. The van der Waals surface area contributed by atoms with Crippen molar-refractivity contribution in [1.82, 2.24) is 5.32 Å². The summed E-state index contributed by atoms with van der Waals surface area (Å²) in [4.78, 5) is 21.8. The Balaban J connectivity index is 2.71. The summed E-state index contributed by atoms with van der Waals surface area (Å²) in [6.07, 6.45) is 4.78. The fourth-order valence-corrected chi connectivity index (χ4v) is 0.801. The van der Waals surface area contributed by atoms with Crippen LogP contribution in [0.5, 0.6) is 0 Å². The first kappa shape index (κ1) is 9.01. The molecule has 0 radical (unpaired) electrons. The number of terminal acetylenes is 1. The second-order valence-corrected chi connectivity index (χ2v) is 2.29. The maximum Gasteiger partial charge on any atom is 0.302 e. The molecule has 3 heteroatoms. The Morgan fingerprint density at radius 3 is 2.38 bits per heavy atom. The van der Waals surface area contributed by atoms with Crippen LogP contribution >= 0.6 is 0 Å². The summed E-state index contributed by atoms with van der Waals surface area (Å²) < 4.78 is 0. The minimum absolute atomic E-state index is 0.408. The standard InChI is InChI=1S/C10H7NO2/c1-2-9(12)11-10(13)8-6-4-3-5-7-8/h1,3-7H,(H,11,12,13). The number of hydrogen-bond acceptors (Lipinski definition) is 2. The smallest absolute Gasteiger partial charge is 0.281 e. The van der Waals surface area contributed by atoms with E-state index in [-0.39, 0.29) is 0 Å². The predicted octanol–water partition coefficient (Wildman–Crippen LogP) is 0.576. The molecule has 0 spiro atoms. The predicted molar refractivity (Wildman–Crippen MR) is 47.7 cm³/mol. The fraction of sp³-hybridized carbons (Fsp3) is 0. The van der Waals surface area contributed by atoms with Gasteiger partial charge in [-0.05, 0) is 18.1 Å². The average Bonchev–Trinajstić information content (AvgIpc) is 2.19. The van der Waals surface area contributed by atoms with Crippen molar-refractivity contribution in [3.05, 3.63) is 35.9 Å². The third-order valence-electron chi connectivity index (χ3n) is 1.39. The van der Waals surface area contributed by atoms with E-state index in [1.165, 1.54) is 0 Å². The number of imide groups is 1. The molecule has 0 unspecified atom stereocenters. The van der Waals surface area contributed by atoms with E-state index in [9.17, 15) is 9.59 Å². The summed E-state index contributed by atoms with van der Waals surface area (Å²) in [6, 6.07) is 8.38. The molecule has 1 rings (SSSR count). The molecule has 0 aliphatic heterocycles. The second-order valence-electron chi connectivity index (χ2n) is 2.29. The third kappa shape index (κ3) is 2.46. The van der Waals surface area contributed by atoms with Gasteiger partial charge in [0, 0.05) is 5.56 Å². The van der Waals surface area contributed by atoms with E-state index in [2.05, 4.69) is 0 Å². The molecule has 0 aliphatic carbocycles. The lowest BCUT2D eigenvalue weighted by Gasteiger charge is -1.98. The summed E-state index contributed by atoms with van der Waals surface area (Å²) in [5.74, 6) is 0.584. The zero-order chi connectivity index (χ0) is 9.68. The zero-order valence-electron chi connectivity index (χ0n) is 6.78. The number of carbonyl (C=O) groups is 2. The molecule has 0 aliphatic rings. The van der Waals surface area contributed by atoms with Gasteiger partial charge in [0.2, 0.25) is 0 Å². The molecular weight excluding hydrogens is 166 g/mol. The molecule has 1 aromatic rings. The molecule has 64 valence electrons. The van der Waals surface area contributed by atoms with E-state index in [1.807, 2.05) is 5.32 Å². The first-order chi connectivity index (χ1) is 6.24. The Bertz CT molecular complexity index is 362. The lowest BCUT2D eigenvalue weighted by Crippen LogP contribution is -2.28. The SMILES string of the molecule is C#CC(=O)NC(=O)c1ccccc1. The lowest BCUT2D eigenvalue weighted by molar-refractivity contribution is -0.114. The third-order valence-corrected chi connectivity index (χ3v) is 1.39. The van der Waals surface area contributed by atoms with Gasteiger partial charge in [0.15, 0.2) is 0 Å². The molecule has 1 aromatic carbocycles. The molecule has 2 amide bonds. The van der Waals surface area contributed by atoms with Gasteiger partial charge >= 0.3 is 5.91 Å². The summed E-state index contributed by atoms with van der Waals surface area (Å²) in [5, 5.41) is 2.03. The molecule has 0 bridgehead atoms. The number of hydrogen-bond donors (Lipinski definition) is 1. The number of carbonyl (C=O) groups excluding carboxylic acids is 2. The van der Waals surface area contributed by atoms with E-state index >= 15 is 0 Å². The highest BCUT2D eigenvalue weighted by Gasteiger charge is 2.06. The number of nitrogens with one attached hydrogen (secondary N) is 1. The Hall–Kier alpha value is -2.08. The molecule has 0 aromatic heterocycles. The first-order valence-electron chi connectivity index (χ1n) is 3.61. The van der Waals surface area contributed by atoms with Crippen molar-refractivity contribution in [2.45, 2.75) is 0 Å². The fourth-order valence-electron chi connectivity index (χ4n) is 0.801. The number of rotatable bonds is 1. The Morgan fingerprint density at radius 2 is 1.85 bits per heavy atom. The van der Waals surface area contributed by atoms with Crippen LogP contribution in [0.15, 0.2) is 30.3 Å². The maximum absolute atomic E-state index is 11.2. The molecule has 1 N–H and O–H groups in total. The van der Waals surface area contributed by atoms with Gasteiger partial charge in [-0.25, -0.2) is 0 Å². The van der Waals surface area contributed by atoms with Crippen molar-refractivity contribution in [3.63, 3.8) is 0 Å². The molecule has 0 atom stereocenters. The topological polar surface area (TPSA) is 46.2 Å². The van der Waals surface area contributed by atoms with E-state index in [4.69, 9.17) is 6.42 Å². The molecule has 13 heavy (non-hydrogen) atoms. The van der Waals surface area contributed by atoms with E-state index in [0.717, 1.165) is 0 Å². The van der Waals surface area contributed by atoms with Crippen LogP contribution in [0.3, 0.4) is 0 Å². The molecule has 0 heterocycles. The maximum atomic E-state index is 11.2. The van der Waals surface area contributed by atoms with E-state index < -0.39 is 11.8 Å². The minimum atomic E-state index is -0.728. The van der Waals surface area contributed by atoms with Crippen LogP contribution < -0.4 is 5.32 Å². The van der Waals surface area contributed by atoms with Gasteiger partial charge in [-0.3, -0.25) is 14.9 Å². The van der Waals surface area contributed by atoms with Crippen LogP contribution in [-0.2, 0) is 4.79 Å². The van der Waals surface area contributed by atoms with Crippen LogP contribution in [0.4, 0.5) is 0 Å². The monoisotopic (exact) mass is 173 g/mol. The normalized spacial score (nSPS) is 8.54. The van der Waals surface area contributed by atoms with Gasteiger partial charge in [-0.2, -0.15) is 0 Å². The van der Waals surface area contributed by atoms with Crippen molar-refractivity contribution < 1.29 is 9.59 Å². The van der Waals surface area contributed by atoms with Crippen molar-refractivity contribution in [2.24, 2.45) is 0 Å². The summed E-state index contributed by atoms with van der Waals surface area (Å²) in [7, 11) is 0.